The van der Waals surface area contributed by atoms with Crippen molar-refractivity contribution < 1.29 is 19.6 Å². The zero-order valence-electron chi connectivity index (χ0n) is 16.1. The Kier molecular flexibility index (Phi) is 7.35. The maximum atomic E-state index is 12.0. The Balaban J connectivity index is 1.51. The van der Waals surface area contributed by atoms with Crippen molar-refractivity contribution in [3.63, 3.8) is 0 Å². The number of amides is 1. The quantitative estimate of drug-likeness (QED) is 0.378. The smallest absolute Gasteiger partial charge is 0.274 e. The molecule has 0 aliphatic carbocycles. The molecule has 0 heterocycles. The summed E-state index contributed by atoms with van der Waals surface area (Å²) in [5.74, 6) is 0.362. The van der Waals surface area contributed by atoms with Gasteiger partial charge in [-0.2, -0.15) is 5.48 Å². The molecule has 0 saturated heterocycles. The molecule has 0 aliphatic rings. The summed E-state index contributed by atoms with van der Waals surface area (Å²) in [7, 11) is 0. The maximum absolute atomic E-state index is 12.0. The number of carbonyl (C=O) groups excluding carboxylic acids is 1. The van der Waals surface area contributed by atoms with Crippen molar-refractivity contribution in [1.29, 1.82) is 0 Å². The standard InChI is InChI=1S/C23H24N2O4/c1-17(19-8-4-2-5-9-19)28-21-14-12-18(13-15-21)16-22(24-27)29-25-23(26)20-10-6-3-7-11-20/h2-15,17,22,24,27H,16H2,1H3,(H,25,26)/t17-,22-/m0/s1. The molecule has 3 aromatic carbocycles. The molecule has 6 heteroatoms. The van der Waals surface area contributed by atoms with Crippen LogP contribution in [0.5, 0.6) is 5.75 Å². The molecule has 3 rings (SSSR count). The van der Waals surface area contributed by atoms with Crippen molar-refractivity contribution in [2.45, 2.75) is 25.7 Å². The monoisotopic (exact) mass is 392 g/mol. The fourth-order valence-electron chi connectivity index (χ4n) is 2.80. The molecule has 0 spiro atoms. The van der Waals surface area contributed by atoms with Gasteiger partial charge in [0.2, 0.25) is 0 Å². The van der Waals surface area contributed by atoms with Crippen LogP contribution >= 0.6 is 0 Å². The van der Waals surface area contributed by atoms with Gasteiger partial charge in [0.1, 0.15) is 11.9 Å². The predicted octanol–water partition coefficient (Wildman–Crippen LogP) is 4.04. The molecular weight excluding hydrogens is 368 g/mol. The SMILES string of the molecule is C[C@H](Oc1ccc(C[C@@H](NO)ONC(=O)c2ccccc2)cc1)c1ccccc1. The summed E-state index contributed by atoms with van der Waals surface area (Å²) in [6.45, 7) is 2.00. The Labute approximate surface area is 170 Å². The van der Waals surface area contributed by atoms with E-state index in [9.17, 15) is 10.0 Å². The van der Waals surface area contributed by atoms with Crippen molar-refractivity contribution >= 4 is 5.91 Å². The zero-order valence-corrected chi connectivity index (χ0v) is 16.1. The lowest BCUT2D eigenvalue weighted by molar-refractivity contribution is -0.0872. The second-order valence-electron chi connectivity index (χ2n) is 6.55. The third kappa shape index (κ3) is 6.15. The average molecular weight is 392 g/mol. The lowest BCUT2D eigenvalue weighted by Crippen LogP contribution is -2.38. The van der Waals surface area contributed by atoms with Crippen LogP contribution in [0.2, 0.25) is 0 Å². The first-order chi connectivity index (χ1) is 14.2. The van der Waals surface area contributed by atoms with E-state index < -0.39 is 6.23 Å². The van der Waals surface area contributed by atoms with Crippen LogP contribution in [-0.2, 0) is 11.3 Å². The average Bonchev–Trinajstić information content (AvgIpc) is 2.78. The lowest BCUT2D eigenvalue weighted by atomic mass is 10.1. The Hall–Kier alpha value is -3.19. The first-order valence-corrected chi connectivity index (χ1v) is 9.37. The van der Waals surface area contributed by atoms with E-state index in [0.717, 1.165) is 16.9 Å². The van der Waals surface area contributed by atoms with Crippen LogP contribution in [-0.4, -0.2) is 17.3 Å². The van der Waals surface area contributed by atoms with Crippen molar-refractivity contribution in [1.82, 2.24) is 11.0 Å². The van der Waals surface area contributed by atoms with Crippen LogP contribution in [0.3, 0.4) is 0 Å². The molecule has 2 atom stereocenters. The zero-order chi connectivity index (χ0) is 20.5. The van der Waals surface area contributed by atoms with Crippen LogP contribution in [0.25, 0.3) is 0 Å². The molecule has 0 aromatic heterocycles. The highest BCUT2D eigenvalue weighted by molar-refractivity contribution is 5.93. The Morgan fingerprint density at radius 3 is 2.17 bits per heavy atom. The molecule has 6 nitrogen and oxygen atoms in total. The summed E-state index contributed by atoms with van der Waals surface area (Å²) in [6, 6.07) is 26.2. The van der Waals surface area contributed by atoms with Crippen LogP contribution in [0, 0.1) is 0 Å². The van der Waals surface area contributed by atoms with Gasteiger partial charge in [-0.25, -0.2) is 5.48 Å². The second kappa shape index (κ2) is 10.4. The first-order valence-electron chi connectivity index (χ1n) is 9.37. The maximum Gasteiger partial charge on any atom is 0.274 e. The molecule has 1 amide bonds. The van der Waals surface area contributed by atoms with E-state index in [1.165, 1.54) is 0 Å². The molecule has 29 heavy (non-hydrogen) atoms. The van der Waals surface area contributed by atoms with Gasteiger partial charge in [-0.05, 0) is 42.3 Å². The fourth-order valence-corrected chi connectivity index (χ4v) is 2.80. The number of rotatable bonds is 9. The minimum atomic E-state index is -0.794. The Bertz CT molecular complexity index is 886. The van der Waals surface area contributed by atoms with E-state index in [2.05, 4.69) is 11.0 Å². The fraction of sp³-hybridized carbons (Fsp3) is 0.174. The van der Waals surface area contributed by atoms with Crippen LogP contribution in [0.1, 0.15) is 34.5 Å². The van der Waals surface area contributed by atoms with Gasteiger partial charge in [0, 0.05) is 12.0 Å². The van der Waals surface area contributed by atoms with Crippen molar-refractivity contribution in [2.24, 2.45) is 0 Å². The van der Waals surface area contributed by atoms with Crippen LogP contribution in [0.4, 0.5) is 0 Å². The van der Waals surface area contributed by atoms with Crippen molar-refractivity contribution in [2.75, 3.05) is 0 Å². The Morgan fingerprint density at radius 1 is 0.931 bits per heavy atom. The van der Waals surface area contributed by atoms with Gasteiger partial charge in [-0.3, -0.25) is 9.63 Å². The van der Waals surface area contributed by atoms with Crippen LogP contribution in [0.15, 0.2) is 84.9 Å². The highest BCUT2D eigenvalue weighted by Crippen LogP contribution is 2.22. The second-order valence-corrected chi connectivity index (χ2v) is 6.55. The molecule has 150 valence electrons. The molecular formula is C23H24N2O4. The summed E-state index contributed by atoms with van der Waals surface area (Å²) in [6.07, 6.45) is -0.511. The predicted molar refractivity (Wildman–Crippen MR) is 109 cm³/mol. The largest absolute Gasteiger partial charge is 0.486 e. The van der Waals surface area contributed by atoms with Gasteiger partial charge in [0.05, 0.1) is 0 Å². The summed E-state index contributed by atoms with van der Waals surface area (Å²) in [4.78, 5) is 17.3. The van der Waals surface area contributed by atoms with E-state index in [1.54, 1.807) is 24.3 Å². The number of carbonyl (C=O) groups is 1. The Morgan fingerprint density at radius 2 is 1.55 bits per heavy atom. The molecule has 0 fully saturated rings. The number of nitrogens with one attached hydrogen (secondary N) is 2. The highest BCUT2D eigenvalue weighted by Gasteiger charge is 2.13. The van der Waals surface area contributed by atoms with Crippen molar-refractivity contribution in [3.05, 3.63) is 102 Å². The normalized spacial score (nSPS) is 12.8. The molecule has 0 radical (unpaired) electrons. The molecule has 0 bridgehead atoms. The van der Waals surface area contributed by atoms with E-state index in [1.807, 2.05) is 67.6 Å². The van der Waals surface area contributed by atoms with Gasteiger partial charge in [0.15, 0.2) is 6.23 Å². The van der Waals surface area contributed by atoms with E-state index in [0.29, 0.717) is 12.0 Å². The minimum Gasteiger partial charge on any atom is -0.486 e. The third-order valence-corrected chi connectivity index (χ3v) is 4.40. The molecule has 0 saturated carbocycles. The third-order valence-electron chi connectivity index (χ3n) is 4.40. The van der Waals surface area contributed by atoms with Gasteiger partial charge in [-0.15, -0.1) is 0 Å². The van der Waals surface area contributed by atoms with Gasteiger partial charge in [0.25, 0.3) is 5.91 Å². The summed E-state index contributed by atoms with van der Waals surface area (Å²) in [5.41, 5.74) is 6.88. The number of hydroxylamine groups is 2. The number of benzene rings is 3. The van der Waals surface area contributed by atoms with Gasteiger partial charge < -0.3 is 9.94 Å². The van der Waals surface area contributed by atoms with Crippen LogP contribution < -0.4 is 15.7 Å². The number of ether oxygens (including phenoxy) is 1. The van der Waals surface area contributed by atoms with Gasteiger partial charge in [-0.1, -0.05) is 60.7 Å². The molecule has 0 aliphatic heterocycles. The number of hydrogen-bond donors (Lipinski definition) is 3. The summed E-state index contributed by atoms with van der Waals surface area (Å²) in [5, 5.41) is 9.32. The van der Waals surface area contributed by atoms with E-state index in [4.69, 9.17) is 9.57 Å². The van der Waals surface area contributed by atoms with Crippen molar-refractivity contribution in [3.8, 4) is 5.75 Å². The highest BCUT2D eigenvalue weighted by atomic mass is 16.7. The van der Waals surface area contributed by atoms with E-state index in [-0.39, 0.29) is 12.0 Å². The molecule has 3 aromatic rings. The van der Waals surface area contributed by atoms with Gasteiger partial charge >= 0.3 is 0 Å². The minimum absolute atomic E-state index is 0.0644. The molecule has 0 unspecified atom stereocenters. The molecule has 3 N–H and O–H groups in total. The summed E-state index contributed by atoms with van der Waals surface area (Å²) < 4.78 is 5.96. The topological polar surface area (TPSA) is 79.8 Å². The lowest BCUT2D eigenvalue weighted by Gasteiger charge is -2.17. The van der Waals surface area contributed by atoms with E-state index >= 15 is 0 Å². The first kappa shape index (κ1) is 20.5. The number of hydrogen-bond acceptors (Lipinski definition) is 5. The summed E-state index contributed by atoms with van der Waals surface area (Å²) >= 11 is 0.